The van der Waals surface area contributed by atoms with Crippen molar-refractivity contribution < 1.29 is 4.79 Å². The molecule has 0 saturated heterocycles. The van der Waals surface area contributed by atoms with Gasteiger partial charge in [0.25, 0.3) is 5.91 Å². The highest BCUT2D eigenvalue weighted by atomic mass is 79.9. The minimum absolute atomic E-state index is 0.0873. The normalized spacial score (nSPS) is 24.0. The molecule has 2 N–H and O–H groups in total. The lowest BCUT2D eigenvalue weighted by molar-refractivity contribution is 0.0689. The van der Waals surface area contributed by atoms with E-state index in [1.165, 1.54) is 11.3 Å². The molecule has 0 aliphatic heterocycles. The van der Waals surface area contributed by atoms with Gasteiger partial charge in [0.15, 0.2) is 0 Å². The third-order valence-electron chi connectivity index (χ3n) is 3.50. The zero-order valence-electron chi connectivity index (χ0n) is 10.2. The van der Waals surface area contributed by atoms with E-state index in [-0.39, 0.29) is 5.91 Å². The lowest BCUT2D eigenvalue weighted by atomic mass is 9.91. The van der Waals surface area contributed by atoms with E-state index in [4.69, 9.17) is 5.73 Å². The SMILES string of the molecule is CN(C(=O)c1cc(Br)sc1Br)C1CCC(N)CC1. The van der Waals surface area contributed by atoms with Gasteiger partial charge in [0.05, 0.1) is 13.1 Å². The van der Waals surface area contributed by atoms with Crippen LogP contribution in [0, 0.1) is 0 Å². The van der Waals surface area contributed by atoms with Crippen LogP contribution in [0.25, 0.3) is 0 Å². The van der Waals surface area contributed by atoms with Crippen molar-refractivity contribution in [3.8, 4) is 0 Å². The van der Waals surface area contributed by atoms with Gasteiger partial charge >= 0.3 is 0 Å². The molecule has 1 amide bonds. The molecule has 1 heterocycles. The predicted molar refractivity (Wildman–Crippen MR) is 82.0 cm³/mol. The minimum Gasteiger partial charge on any atom is -0.339 e. The van der Waals surface area contributed by atoms with Gasteiger partial charge in [0.1, 0.15) is 0 Å². The molecule has 1 fully saturated rings. The quantitative estimate of drug-likeness (QED) is 0.831. The van der Waals surface area contributed by atoms with Gasteiger partial charge in [-0.25, -0.2) is 0 Å². The van der Waals surface area contributed by atoms with Crippen molar-refractivity contribution in [3.63, 3.8) is 0 Å². The summed E-state index contributed by atoms with van der Waals surface area (Å²) in [5.74, 6) is 0.0873. The Morgan fingerprint density at radius 1 is 1.39 bits per heavy atom. The van der Waals surface area contributed by atoms with Gasteiger partial charge in [-0.15, -0.1) is 11.3 Å². The van der Waals surface area contributed by atoms with Crippen LogP contribution in [-0.4, -0.2) is 29.9 Å². The molecule has 100 valence electrons. The number of carbonyl (C=O) groups is 1. The fourth-order valence-corrected chi connectivity index (χ4v) is 5.11. The molecule has 1 aromatic heterocycles. The fraction of sp³-hybridized carbons (Fsp3) is 0.583. The maximum Gasteiger partial charge on any atom is 0.255 e. The van der Waals surface area contributed by atoms with Crippen LogP contribution in [0.15, 0.2) is 13.6 Å². The van der Waals surface area contributed by atoms with Gasteiger partial charge in [-0.3, -0.25) is 4.79 Å². The lowest BCUT2D eigenvalue weighted by Crippen LogP contribution is -2.41. The van der Waals surface area contributed by atoms with E-state index in [2.05, 4.69) is 31.9 Å². The molecule has 0 spiro atoms. The van der Waals surface area contributed by atoms with Crippen LogP contribution in [0.3, 0.4) is 0 Å². The van der Waals surface area contributed by atoms with Gasteiger partial charge in [0.2, 0.25) is 0 Å². The van der Waals surface area contributed by atoms with Gasteiger partial charge in [-0.2, -0.15) is 0 Å². The molecule has 1 aliphatic carbocycles. The molecule has 0 radical (unpaired) electrons. The van der Waals surface area contributed by atoms with Crippen LogP contribution >= 0.6 is 43.2 Å². The standard InChI is InChI=1S/C12H16Br2N2OS/c1-16(8-4-2-7(15)3-5-8)12(17)9-6-10(13)18-11(9)14/h6-8H,2-5,15H2,1H3. The molecule has 6 heteroatoms. The molecular weight excluding hydrogens is 380 g/mol. The number of nitrogens with zero attached hydrogens (tertiary/aromatic N) is 1. The number of thiophene rings is 1. The number of carbonyl (C=O) groups excluding carboxylic acids is 1. The number of hydrogen-bond acceptors (Lipinski definition) is 3. The zero-order valence-corrected chi connectivity index (χ0v) is 14.1. The Bertz CT molecular complexity index is 441. The van der Waals surface area contributed by atoms with Crippen LogP contribution in [0.1, 0.15) is 36.0 Å². The molecule has 0 atom stereocenters. The van der Waals surface area contributed by atoms with E-state index in [0.717, 1.165) is 38.8 Å². The molecule has 18 heavy (non-hydrogen) atoms. The first-order valence-electron chi connectivity index (χ1n) is 5.96. The second-order valence-electron chi connectivity index (χ2n) is 4.72. The molecule has 1 aromatic rings. The van der Waals surface area contributed by atoms with Crippen molar-refractivity contribution in [3.05, 3.63) is 19.2 Å². The van der Waals surface area contributed by atoms with Gasteiger partial charge in [0, 0.05) is 19.1 Å². The van der Waals surface area contributed by atoms with Crippen molar-refractivity contribution in [2.75, 3.05) is 7.05 Å². The summed E-state index contributed by atoms with van der Waals surface area (Å²) < 4.78 is 1.86. The van der Waals surface area contributed by atoms with E-state index in [1.807, 2.05) is 18.0 Å². The Balaban J connectivity index is 2.07. The fourth-order valence-electron chi connectivity index (χ4n) is 2.33. The average molecular weight is 396 g/mol. The van der Waals surface area contributed by atoms with Gasteiger partial charge in [-0.05, 0) is 63.6 Å². The highest BCUT2D eigenvalue weighted by molar-refractivity contribution is 9.12. The second kappa shape index (κ2) is 6.03. The number of hydrogen-bond donors (Lipinski definition) is 1. The van der Waals surface area contributed by atoms with Crippen molar-refractivity contribution >= 4 is 49.1 Å². The van der Waals surface area contributed by atoms with E-state index in [0.29, 0.717) is 12.1 Å². The third-order valence-corrected chi connectivity index (χ3v) is 5.84. The number of rotatable bonds is 2. The minimum atomic E-state index is 0.0873. The maximum atomic E-state index is 12.4. The first-order valence-corrected chi connectivity index (χ1v) is 8.37. The van der Waals surface area contributed by atoms with Crippen molar-refractivity contribution in [2.24, 2.45) is 5.73 Å². The van der Waals surface area contributed by atoms with E-state index in [1.54, 1.807) is 0 Å². The monoisotopic (exact) mass is 394 g/mol. The molecule has 2 rings (SSSR count). The predicted octanol–water partition coefficient (Wildman–Crippen LogP) is 3.62. The summed E-state index contributed by atoms with van der Waals surface area (Å²) in [4.78, 5) is 14.3. The second-order valence-corrected chi connectivity index (χ2v) is 8.47. The topological polar surface area (TPSA) is 46.3 Å². The number of halogens is 2. The van der Waals surface area contributed by atoms with E-state index >= 15 is 0 Å². The molecule has 0 unspecified atom stereocenters. The lowest BCUT2D eigenvalue weighted by Gasteiger charge is -2.33. The average Bonchev–Trinajstić information content (AvgIpc) is 2.67. The summed E-state index contributed by atoms with van der Waals surface area (Å²) in [6.45, 7) is 0. The first-order chi connectivity index (χ1) is 8.49. The largest absolute Gasteiger partial charge is 0.339 e. The highest BCUT2D eigenvalue weighted by Crippen LogP contribution is 2.33. The molecule has 1 aliphatic rings. The van der Waals surface area contributed by atoms with Gasteiger partial charge in [-0.1, -0.05) is 0 Å². The Hall–Kier alpha value is 0.0900. The first kappa shape index (κ1) is 14.5. The third kappa shape index (κ3) is 3.15. The Morgan fingerprint density at radius 2 is 2.00 bits per heavy atom. The highest BCUT2D eigenvalue weighted by Gasteiger charge is 2.27. The molecule has 3 nitrogen and oxygen atoms in total. The van der Waals surface area contributed by atoms with Crippen LogP contribution in [0.5, 0.6) is 0 Å². The zero-order chi connectivity index (χ0) is 13.3. The molecule has 0 aromatic carbocycles. The maximum absolute atomic E-state index is 12.4. The summed E-state index contributed by atoms with van der Waals surface area (Å²) >= 11 is 8.37. The summed E-state index contributed by atoms with van der Waals surface area (Å²) in [7, 11) is 1.89. The van der Waals surface area contributed by atoms with Crippen LogP contribution in [0.4, 0.5) is 0 Å². The molecule has 0 bridgehead atoms. The Kier molecular flexibility index (Phi) is 4.86. The van der Waals surface area contributed by atoms with Crippen molar-refractivity contribution in [1.82, 2.24) is 4.90 Å². The van der Waals surface area contributed by atoms with E-state index in [9.17, 15) is 4.79 Å². The van der Waals surface area contributed by atoms with Crippen LogP contribution < -0.4 is 5.73 Å². The molecule has 1 saturated carbocycles. The number of amides is 1. The van der Waals surface area contributed by atoms with Crippen molar-refractivity contribution in [1.29, 1.82) is 0 Å². The van der Waals surface area contributed by atoms with E-state index < -0.39 is 0 Å². The van der Waals surface area contributed by atoms with Gasteiger partial charge < -0.3 is 10.6 Å². The summed E-state index contributed by atoms with van der Waals surface area (Å²) in [5.41, 5.74) is 6.64. The van der Waals surface area contributed by atoms with Crippen molar-refractivity contribution in [2.45, 2.75) is 37.8 Å². The Morgan fingerprint density at radius 3 is 2.50 bits per heavy atom. The van der Waals surface area contributed by atoms with Crippen LogP contribution in [-0.2, 0) is 0 Å². The summed E-state index contributed by atoms with van der Waals surface area (Å²) in [6.07, 6.45) is 4.03. The smallest absolute Gasteiger partial charge is 0.255 e. The molecular formula is C12H16Br2N2OS. The number of nitrogens with two attached hydrogens (primary N) is 1. The summed E-state index contributed by atoms with van der Waals surface area (Å²) in [6, 6.07) is 2.51. The Labute approximate surface area is 128 Å². The van der Waals surface area contributed by atoms with Crippen LogP contribution in [0.2, 0.25) is 0 Å². The summed E-state index contributed by atoms with van der Waals surface area (Å²) in [5, 5.41) is 0.